The molecule has 3 heteroatoms. The molecule has 0 saturated carbocycles. The summed E-state index contributed by atoms with van der Waals surface area (Å²) < 4.78 is 0. The maximum absolute atomic E-state index is 11.5. The summed E-state index contributed by atoms with van der Waals surface area (Å²) >= 11 is 0. The zero-order chi connectivity index (χ0) is 9.52. The minimum atomic E-state index is -0.561. The van der Waals surface area contributed by atoms with Gasteiger partial charge in [0, 0.05) is 11.8 Å². The van der Waals surface area contributed by atoms with Crippen molar-refractivity contribution in [2.24, 2.45) is 11.3 Å². The van der Waals surface area contributed by atoms with Gasteiger partial charge in [-0.2, -0.15) is 0 Å². The van der Waals surface area contributed by atoms with E-state index in [1.54, 1.807) is 20.8 Å². The van der Waals surface area contributed by atoms with Crippen LogP contribution in [0.4, 0.5) is 0 Å². The van der Waals surface area contributed by atoms with Crippen molar-refractivity contribution >= 4 is 5.78 Å². The molecule has 0 aromatic carbocycles. The molecule has 0 fully saturated rings. The Morgan fingerprint density at radius 1 is 1.42 bits per heavy atom. The third kappa shape index (κ3) is 1.19. The van der Waals surface area contributed by atoms with Crippen LogP contribution < -0.4 is 0 Å². The predicted molar refractivity (Wildman–Crippen MR) is 44.9 cm³/mol. The van der Waals surface area contributed by atoms with Crippen LogP contribution in [0, 0.1) is 11.3 Å². The van der Waals surface area contributed by atoms with Crippen LogP contribution in [0.1, 0.15) is 27.2 Å². The van der Waals surface area contributed by atoms with Gasteiger partial charge in [0.1, 0.15) is 17.3 Å². The van der Waals surface area contributed by atoms with Crippen LogP contribution in [0.2, 0.25) is 0 Å². The fraction of sp³-hybridized carbons (Fsp3) is 0.667. The molecule has 0 aliphatic heterocycles. The molecular formula is C9H14O3. The molecule has 0 aromatic rings. The lowest BCUT2D eigenvalue weighted by atomic mass is 9.74. The van der Waals surface area contributed by atoms with Gasteiger partial charge in [0.05, 0.1) is 5.92 Å². The highest BCUT2D eigenvalue weighted by molar-refractivity contribution is 5.89. The second kappa shape index (κ2) is 2.51. The quantitative estimate of drug-likeness (QED) is 0.584. The largest absolute Gasteiger partial charge is 0.509 e. The number of ketones is 1. The first-order chi connectivity index (χ1) is 5.36. The van der Waals surface area contributed by atoms with Crippen LogP contribution in [-0.4, -0.2) is 16.0 Å². The maximum atomic E-state index is 11.5. The van der Waals surface area contributed by atoms with E-state index in [0.29, 0.717) is 0 Å². The molecule has 0 bridgehead atoms. The SMILES string of the molecule is CC1C(=O)C(C)(C)CC(O)=C1O. The van der Waals surface area contributed by atoms with E-state index in [1.807, 2.05) is 0 Å². The summed E-state index contributed by atoms with van der Waals surface area (Å²) in [5.74, 6) is -0.794. The summed E-state index contributed by atoms with van der Waals surface area (Å²) in [6.07, 6.45) is 0.238. The zero-order valence-electron chi connectivity index (χ0n) is 7.59. The molecule has 1 unspecified atom stereocenters. The van der Waals surface area contributed by atoms with E-state index in [1.165, 1.54) is 0 Å². The number of carbonyl (C=O) groups excluding carboxylic acids is 1. The predicted octanol–water partition coefficient (Wildman–Crippen LogP) is 1.95. The Hall–Kier alpha value is -0.990. The number of aliphatic hydroxyl groups excluding tert-OH is 2. The molecule has 1 aliphatic carbocycles. The molecule has 0 heterocycles. The molecule has 1 atom stereocenters. The normalized spacial score (nSPS) is 29.2. The van der Waals surface area contributed by atoms with Crippen molar-refractivity contribution in [3.8, 4) is 0 Å². The van der Waals surface area contributed by atoms with E-state index in [-0.39, 0.29) is 23.7 Å². The minimum Gasteiger partial charge on any atom is -0.509 e. The van der Waals surface area contributed by atoms with Gasteiger partial charge >= 0.3 is 0 Å². The Morgan fingerprint density at radius 2 is 1.92 bits per heavy atom. The highest BCUT2D eigenvalue weighted by atomic mass is 16.3. The van der Waals surface area contributed by atoms with E-state index < -0.39 is 11.3 Å². The van der Waals surface area contributed by atoms with E-state index in [0.717, 1.165) is 0 Å². The summed E-state index contributed by atoms with van der Waals surface area (Å²) in [6.45, 7) is 5.15. The minimum absolute atomic E-state index is 0.0159. The smallest absolute Gasteiger partial charge is 0.149 e. The molecule has 12 heavy (non-hydrogen) atoms. The Kier molecular flexibility index (Phi) is 1.90. The van der Waals surface area contributed by atoms with Gasteiger partial charge in [0.2, 0.25) is 0 Å². The molecule has 1 rings (SSSR count). The number of carbonyl (C=O) groups is 1. The van der Waals surface area contributed by atoms with Crippen molar-refractivity contribution in [1.82, 2.24) is 0 Å². The number of Topliss-reactive ketones (excluding diaryl/α,β-unsaturated/α-hetero) is 1. The van der Waals surface area contributed by atoms with Gasteiger partial charge in [-0.1, -0.05) is 13.8 Å². The van der Waals surface area contributed by atoms with E-state index in [2.05, 4.69) is 0 Å². The topological polar surface area (TPSA) is 57.5 Å². The highest BCUT2D eigenvalue weighted by Gasteiger charge is 2.40. The third-order valence-electron chi connectivity index (χ3n) is 2.38. The molecule has 0 spiro atoms. The Labute approximate surface area is 71.7 Å². The molecule has 0 aromatic heterocycles. The molecule has 0 saturated heterocycles. The van der Waals surface area contributed by atoms with Crippen LogP contribution in [-0.2, 0) is 4.79 Å². The van der Waals surface area contributed by atoms with Crippen LogP contribution in [0.3, 0.4) is 0 Å². The van der Waals surface area contributed by atoms with E-state index in [4.69, 9.17) is 0 Å². The monoisotopic (exact) mass is 170 g/mol. The van der Waals surface area contributed by atoms with Gasteiger partial charge < -0.3 is 10.2 Å². The lowest BCUT2D eigenvalue weighted by Gasteiger charge is -2.31. The third-order valence-corrected chi connectivity index (χ3v) is 2.38. The summed E-state index contributed by atoms with van der Waals surface area (Å²) in [4.78, 5) is 11.5. The van der Waals surface area contributed by atoms with Crippen molar-refractivity contribution in [1.29, 1.82) is 0 Å². The van der Waals surface area contributed by atoms with Crippen molar-refractivity contribution in [2.45, 2.75) is 27.2 Å². The van der Waals surface area contributed by atoms with E-state index >= 15 is 0 Å². The van der Waals surface area contributed by atoms with Crippen LogP contribution in [0.5, 0.6) is 0 Å². The zero-order valence-corrected chi connectivity index (χ0v) is 7.59. The summed E-state index contributed by atoms with van der Waals surface area (Å²) in [5.41, 5.74) is -0.546. The van der Waals surface area contributed by atoms with Gasteiger partial charge in [-0.25, -0.2) is 0 Å². The molecule has 68 valence electrons. The molecule has 1 aliphatic rings. The van der Waals surface area contributed by atoms with Crippen molar-refractivity contribution in [2.75, 3.05) is 0 Å². The van der Waals surface area contributed by atoms with Crippen LogP contribution in [0.25, 0.3) is 0 Å². The highest BCUT2D eigenvalue weighted by Crippen LogP contribution is 2.36. The van der Waals surface area contributed by atoms with Crippen molar-refractivity contribution in [3.63, 3.8) is 0 Å². The molecule has 0 amide bonds. The van der Waals surface area contributed by atoms with Crippen molar-refractivity contribution < 1.29 is 15.0 Å². The van der Waals surface area contributed by atoms with Crippen LogP contribution in [0.15, 0.2) is 11.5 Å². The number of rotatable bonds is 0. The number of aliphatic hydroxyl groups is 2. The average molecular weight is 170 g/mol. The van der Waals surface area contributed by atoms with Gasteiger partial charge in [-0.05, 0) is 6.92 Å². The van der Waals surface area contributed by atoms with Gasteiger partial charge in [0.25, 0.3) is 0 Å². The summed E-state index contributed by atoms with van der Waals surface area (Å²) in [6, 6.07) is 0. The first-order valence-corrected chi connectivity index (χ1v) is 4.01. The second-order valence-electron chi connectivity index (χ2n) is 3.98. The number of hydrogen-bond acceptors (Lipinski definition) is 3. The number of allylic oxidation sites excluding steroid dienone is 2. The summed E-state index contributed by atoms with van der Waals surface area (Å²) in [7, 11) is 0. The lowest BCUT2D eigenvalue weighted by molar-refractivity contribution is -0.132. The molecule has 3 nitrogen and oxygen atoms in total. The lowest BCUT2D eigenvalue weighted by Crippen LogP contribution is -2.35. The Morgan fingerprint density at radius 3 is 2.42 bits per heavy atom. The fourth-order valence-electron chi connectivity index (χ4n) is 1.56. The average Bonchev–Trinajstić information content (AvgIpc) is 1.97. The summed E-state index contributed by atoms with van der Waals surface area (Å²) in [5, 5.41) is 18.5. The van der Waals surface area contributed by atoms with E-state index in [9.17, 15) is 15.0 Å². The maximum Gasteiger partial charge on any atom is 0.149 e. The second-order valence-corrected chi connectivity index (χ2v) is 3.98. The standard InChI is InChI=1S/C9H14O3/c1-5-7(11)6(10)4-9(2,3)8(5)12/h5,10-11H,4H2,1-3H3. The first kappa shape index (κ1) is 9.10. The van der Waals surface area contributed by atoms with Crippen LogP contribution >= 0.6 is 0 Å². The first-order valence-electron chi connectivity index (χ1n) is 4.01. The fourth-order valence-corrected chi connectivity index (χ4v) is 1.56. The Balaban J connectivity index is 3.08. The Bertz CT molecular complexity index is 250. The van der Waals surface area contributed by atoms with Gasteiger partial charge in [-0.3, -0.25) is 4.79 Å². The number of hydrogen-bond donors (Lipinski definition) is 2. The molecule has 0 radical (unpaired) electrons. The van der Waals surface area contributed by atoms with Gasteiger partial charge in [0.15, 0.2) is 0 Å². The van der Waals surface area contributed by atoms with Gasteiger partial charge in [-0.15, -0.1) is 0 Å². The molecular weight excluding hydrogens is 156 g/mol. The van der Waals surface area contributed by atoms with Crippen molar-refractivity contribution in [3.05, 3.63) is 11.5 Å². The molecule has 2 N–H and O–H groups in total.